The first-order chi connectivity index (χ1) is 11.8. The minimum atomic E-state index is -0.559. The number of amides is 1. The van der Waals surface area contributed by atoms with Crippen molar-refractivity contribution in [3.63, 3.8) is 0 Å². The normalized spacial score (nSPS) is 11.9. The van der Waals surface area contributed by atoms with Crippen LogP contribution in [0.2, 0.25) is 0 Å². The van der Waals surface area contributed by atoms with Crippen molar-refractivity contribution in [2.45, 2.75) is 53.4 Å². The van der Waals surface area contributed by atoms with E-state index in [1.807, 2.05) is 70.2 Å². The molecule has 0 aliphatic heterocycles. The predicted molar refractivity (Wildman–Crippen MR) is 100 cm³/mol. The summed E-state index contributed by atoms with van der Waals surface area (Å²) in [5.74, 6) is 1.40. The van der Waals surface area contributed by atoms with E-state index in [1.165, 1.54) is 5.56 Å². The van der Waals surface area contributed by atoms with Crippen molar-refractivity contribution >= 4 is 5.91 Å². The van der Waals surface area contributed by atoms with Crippen molar-refractivity contribution in [3.8, 4) is 11.5 Å². The molecule has 0 heterocycles. The van der Waals surface area contributed by atoms with Gasteiger partial charge in [0.25, 0.3) is 5.91 Å². The minimum absolute atomic E-state index is 0.121. The Labute approximate surface area is 150 Å². The van der Waals surface area contributed by atoms with Crippen LogP contribution in [0.15, 0.2) is 42.5 Å². The van der Waals surface area contributed by atoms with Crippen LogP contribution in [-0.4, -0.2) is 18.1 Å². The molecule has 1 amide bonds. The quantitative estimate of drug-likeness (QED) is 0.822. The van der Waals surface area contributed by atoms with Gasteiger partial charge in [0, 0.05) is 6.54 Å². The third-order valence-corrected chi connectivity index (χ3v) is 3.74. The molecule has 0 bridgehead atoms. The molecular weight excluding hydrogens is 314 g/mol. The molecule has 1 unspecified atom stereocenters. The molecule has 134 valence electrons. The van der Waals surface area contributed by atoms with E-state index in [1.54, 1.807) is 6.92 Å². The Morgan fingerprint density at radius 1 is 1.04 bits per heavy atom. The van der Waals surface area contributed by atoms with Crippen LogP contribution in [0.3, 0.4) is 0 Å². The molecule has 4 nitrogen and oxygen atoms in total. The molecule has 2 aromatic rings. The van der Waals surface area contributed by atoms with Gasteiger partial charge in [-0.25, -0.2) is 0 Å². The summed E-state index contributed by atoms with van der Waals surface area (Å²) in [6, 6.07) is 13.7. The number of hydrogen-bond donors (Lipinski definition) is 1. The summed E-state index contributed by atoms with van der Waals surface area (Å²) in [7, 11) is 0. The monoisotopic (exact) mass is 341 g/mol. The Balaban J connectivity index is 1.91. The van der Waals surface area contributed by atoms with Gasteiger partial charge >= 0.3 is 0 Å². The van der Waals surface area contributed by atoms with E-state index < -0.39 is 6.10 Å². The Morgan fingerprint density at radius 2 is 1.80 bits per heavy atom. The first-order valence-electron chi connectivity index (χ1n) is 8.62. The highest BCUT2D eigenvalue weighted by molar-refractivity contribution is 5.80. The Kier molecular flexibility index (Phi) is 6.45. The van der Waals surface area contributed by atoms with Gasteiger partial charge < -0.3 is 14.8 Å². The van der Waals surface area contributed by atoms with Crippen molar-refractivity contribution in [1.29, 1.82) is 0 Å². The molecule has 2 rings (SSSR count). The lowest BCUT2D eigenvalue weighted by Gasteiger charge is -2.17. The molecule has 0 aliphatic rings. The van der Waals surface area contributed by atoms with E-state index in [9.17, 15) is 4.79 Å². The van der Waals surface area contributed by atoms with Crippen molar-refractivity contribution in [2.75, 3.05) is 0 Å². The van der Waals surface area contributed by atoms with Crippen LogP contribution < -0.4 is 14.8 Å². The van der Waals surface area contributed by atoms with Gasteiger partial charge in [-0.2, -0.15) is 0 Å². The van der Waals surface area contributed by atoms with Crippen LogP contribution in [0.5, 0.6) is 11.5 Å². The molecule has 0 aromatic heterocycles. The van der Waals surface area contributed by atoms with Crippen molar-refractivity contribution < 1.29 is 14.3 Å². The molecule has 4 heteroatoms. The minimum Gasteiger partial charge on any atom is -0.491 e. The van der Waals surface area contributed by atoms with Gasteiger partial charge in [-0.15, -0.1) is 0 Å². The molecular formula is C21H27NO3. The zero-order chi connectivity index (χ0) is 18.4. The third kappa shape index (κ3) is 5.82. The maximum absolute atomic E-state index is 12.3. The van der Waals surface area contributed by atoms with E-state index in [4.69, 9.17) is 9.47 Å². The van der Waals surface area contributed by atoms with Crippen molar-refractivity contribution in [1.82, 2.24) is 5.32 Å². The molecule has 0 fully saturated rings. The van der Waals surface area contributed by atoms with Crippen LogP contribution in [0, 0.1) is 13.8 Å². The lowest BCUT2D eigenvalue weighted by molar-refractivity contribution is -0.127. The number of ether oxygens (including phenoxy) is 2. The lowest BCUT2D eigenvalue weighted by Crippen LogP contribution is -2.36. The average molecular weight is 341 g/mol. The third-order valence-electron chi connectivity index (χ3n) is 3.74. The zero-order valence-electron chi connectivity index (χ0n) is 15.6. The van der Waals surface area contributed by atoms with Crippen LogP contribution in [0.25, 0.3) is 0 Å². The summed E-state index contributed by atoms with van der Waals surface area (Å²) in [6.45, 7) is 10.2. The second-order valence-electron chi connectivity index (χ2n) is 6.56. The maximum atomic E-state index is 12.3. The molecule has 0 saturated carbocycles. The second-order valence-corrected chi connectivity index (χ2v) is 6.56. The fourth-order valence-electron chi connectivity index (χ4n) is 2.51. The standard InChI is InChI=1S/C21H27NO3/c1-14(2)24-19-8-6-7-18(12-19)13-22-21(23)17(5)25-20-10-9-15(3)11-16(20)4/h6-12,14,17H,13H2,1-5H3,(H,22,23). The molecule has 0 saturated heterocycles. The Hall–Kier alpha value is -2.49. The van der Waals surface area contributed by atoms with Gasteiger partial charge in [0.2, 0.25) is 0 Å². The molecule has 0 spiro atoms. The summed E-state index contributed by atoms with van der Waals surface area (Å²) >= 11 is 0. The van der Waals surface area contributed by atoms with Gasteiger partial charge in [-0.05, 0) is 63.9 Å². The van der Waals surface area contributed by atoms with Crippen molar-refractivity contribution in [3.05, 3.63) is 59.2 Å². The van der Waals surface area contributed by atoms with E-state index >= 15 is 0 Å². The first-order valence-corrected chi connectivity index (χ1v) is 8.62. The molecule has 0 radical (unpaired) electrons. The van der Waals surface area contributed by atoms with Crippen LogP contribution >= 0.6 is 0 Å². The van der Waals surface area contributed by atoms with Gasteiger partial charge in [0.1, 0.15) is 11.5 Å². The highest BCUT2D eigenvalue weighted by Gasteiger charge is 2.15. The Bertz CT molecular complexity index is 725. The van der Waals surface area contributed by atoms with Crippen LogP contribution in [0.4, 0.5) is 0 Å². The smallest absolute Gasteiger partial charge is 0.261 e. The fourth-order valence-corrected chi connectivity index (χ4v) is 2.51. The molecule has 2 aromatic carbocycles. The Morgan fingerprint density at radius 3 is 2.48 bits per heavy atom. The van der Waals surface area contributed by atoms with Gasteiger partial charge in [-0.3, -0.25) is 4.79 Å². The molecule has 1 atom stereocenters. The summed E-state index contributed by atoms with van der Waals surface area (Å²) in [6.07, 6.45) is -0.437. The number of rotatable bonds is 7. The highest BCUT2D eigenvalue weighted by atomic mass is 16.5. The van der Waals surface area contributed by atoms with Crippen LogP contribution in [0.1, 0.15) is 37.5 Å². The van der Waals surface area contributed by atoms with E-state index in [-0.39, 0.29) is 12.0 Å². The van der Waals surface area contributed by atoms with Crippen molar-refractivity contribution in [2.24, 2.45) is 0 Å². The fraction of sp³-hybridized carbons (Fsp3) is 0.381. The van der Waals surface area contributed by atoms with Gasteiger partial charge in [-0.1, -0.05) is 29.8 Å². The number of carbonyl (C=O) groups is 1. The summed E-state index contributed by atoms with van der Waals surface area (Å²) < 4.78 is 11.5. The SMILES string of the molecule is Cc1ccc(OC(C)C(=O)NCc2cccc(OC(C)C)c2)c(C)c1. The van der Waals surface area contributed by atoms with E-state index in [2.05, 4.69) is 5.32 Å². The summed E-state index contributed by atoms with van der Waals surface area (Å²) in [5.41, 5.74) is 3.19. The van der Waals surface area contributed by atoms with E-state index in [0.717, 1.165) is 22.6 Å². The zero-order valence-corrected chi connectivity index (χ0v) is 15.6. The number of benzene rings is 2. The number of carbonyl (C=O) groups excluding carboxylic acids is 1. The first kappa shape index (κ1) is 18.8. The van der Waals surface area contributed by atoms with Crippen LogP contribution in [-0.2, 0) is 11.3 Å². The second kappa shape index (κ2) is 8.56. The summed E-state index contributed by atoms with van der Waals surface area (Å²) in [5, 5.41) is 2.91. The molecule has 0 aliphatic carbocycles. The maximum Gasteiger partial charge on any atom is 0.261 e. The largest absolute Gasteiger partial charge is 0.491 e. The summed E-state index contributed by atoms with van der Waals surface area (Å²) in [4.78, 5) is 12.3. The number of nitrogens with one attached hydrogen (secondary N) is 1. The lowest BCUT2D eigenvalue weighted by atomic mass is 10.1. The molecule has 1 N–H and O–H groups in total. The van der Waals surface area contributed by atoms with Gasteiger partial charge in [0.05, 0.1) is 6.10 Å². The number of aryl methyl sites for hydroxylation is 2. The van der Waals surface area contributed by atoms with Gasteiger partial charge in [0.15, 0.2) is 6.10 Å². The average Bonchev–Trinajstić information content (AvgIpc) is 2.55. The topological polar surface area (TPSA) is 47.6 Å². The predicted octanol–water partition coefficient (Wildman–Crippen LogP) is 4.17. The highest BCUT2D eigenvalue weighted by Crippen LogP contribution is 2.20. The van der Waals surface area contributed by atoms with E-state index in [0.29, 0.717) is 6.54 Å². The molecule has 25 heavy (non-hydrogen) atoms. The number of hydrogen-bond acceptors (Lipinski definition) is 3.